The number of hydrogen-bond acceptors (Lipinski definition) is 4. The van der Waals surface area contributed by atoms with E-state index in [9.17, 15) is 4.79 Å². The fourth-order valence-corrected chi connectivity index (χ4v) is 1.74. The van der Waals surface area contributed by atoms with E-state index in [1.807, 2.05) is 0 Å². The lowest BCUT2D eigenvalue weighted by Crippen LogP contribution is -2.26. The Labute approximate surface area is 91.7 Å². The van der Waals surface area contributed by atoms with Crippen LogP contribution >= 0.6 is 24.2 Å². The van der Waals surface area contributed by atoms with Crippen molar-refractivity contribution in [3.63, 3.8) is 0 Å². The molecule has 1 unspecified atom stereocenters. The van der Waals surface area contributed by atoms with Crippen molar-refractivity contribution < 1.29 is 4.79 Å². The molecule has 0 aromatic carbocycles. The van der Waals surface area contributed by atoms with Gasteiger partial charge in [0, 0.05) is 18.2 Å². The fraction of sp³-hybridized carbons (Fsp3) is 0.375. The first-order valence-corrected chi connectivity index (χ1v) is 5.02. The van der Waals surface area contributed by atoms with Gasteiger partial charge in [0.05, 0.1) is 17.4 Å². The number of anilines is 1. The van der Waals surface area contributed by atoms with Crippen molar-refractivity contribution in [2.45, 2.75) is 11.7 Å². The van der Waals surface area contributed by atoms with Crippen LogP contribution in [0.2, 0.25) is 5.02 Å². The molecule has 1 aromatic rings. The first kappa shape index (κ1) is 9.73. The third-order valence-corrected chi connectivity index (χ3v) is 2.49. The molecule has 6 heteroatoms. The zero-order chi connectivity index (χ0) is 10.1. The zero-order valence-electron chi connectivity index (χ0n) is 7.22. The molecule has 1 amide bonds. The Morgan fingerprint density at radius 3 is 2.64 bits per heavy atom. The topological polar surface area (TPSA) is 46.1 Å². The maximum atomic E-state index is 11.4. The van der Waals surface area contributed by atoms with Crippen molar-refractivity contribution in [2.75, 3.05) is 11.4 Å². The summed E-state index contributed by atoms with van der Waals surface area (Å²) in [6, 6.07) is 0. The van der Waals surface area contributed by atoms with Gasteiger partial charge in [0.15, 0.2) is 0 Å². The third-order valence-electron chi connectivity index (χ3n) is 1.95. The van der Waals surface area contributed by atoms with Crippen LogP contribution in [0.25, 0.3) is 0 Å². The highest BCUT2D eigenvalue weighted by Crippen LogP contribution is 2.20. The summed E-state index contributed by atoms with van der Waals surface area (Å²) in [4.78, 5) is 20.9. The molecule has 0 N–H and O–H groups in total. The molecule has 0 saturated carbocycles. The van der Waals surface area contributed by atoms with Crippen LogP contribution in [0.4, 0.5) is 5.95 Å². The zero-order valence-corrected chi connectivity index (χ0v) is 8.87. The lowest BCUT2D eigenvalue weighted by atomic mass is 10.4. The Morgan fingerprint density at radius 2 is 2.14 bits per heavy atom. The normalized spacial score (nSPS) is 21.7. The SMILES string of the molecule is O=C1CC(S)CN1c1ncc(Cl)cn1. The van der Waals surface area contributed by atoms with Crippen molar-refractivity contribution in [3.05, 3.63) is 17.4 Å². The molecule has 1 saturated heterocycles. The first-order chi connectivity index (χ1) is 6.66. The molecule has 1 atom stereocenters. The second-order valence-electron chi connectivity index (χ2n) is 3.06. The fourth-order valence-electron chi connectivity index (χ4n) is 1.33. The summed E-state index contributed by atoms with van der Waals surface area (Å²) in [7, 11) is 0. The molecule has 1 aromatic heterocycles. The molecule has 1 fully saturated rings. The van der Waals surface area contributed by atoms with E-state index in [2.05, 4.69) is 22.6 Å². The van der Waals surface area contributed by atoms with Gasteiger partial charge in [0.25, 0.3) is 0 Å². The predicted octanol–water partition coefficient (Wildman–Crippen LogP) is 1.17. The van der Waals surface area contributed by atoms with Crippen molar-refractivity contribution in [2.24, 2.45) is 0 Å². The second-order valence-corrected chi connectivity index (χ2v) is 4.23. The summed E-state index contributed by atoms with van der Waals surface area (Å²) in [5.41, 5.74) is 0. The predicted molar refractivity (Wildman–Crippen MR) is 56.8 cm³/mol. The van der Waals surface area contributed by atoms with Crippen LogP contribution in [0, 0.1) is 0 Å². The van der Waals surface area contributed by atoms with Crippen LogP contribution in [0.15, 0.2) is 12.4 Å². The van der Waals surface area contributed by atoms with E-state index < -0.39 is 0 Å². The van der Waals surface area contributed by atoms with Crippen molar-refractivity contribution >= 4 is 36.1 Å². The Balaban J connectivity index is 2.23. The van der Waals surface area contributed by atoms with Gasteiger partial charge in [-0.2, -0.15) is 12.6 Å². The van der Waals surface area contributed by atoms with E-state index in [1.54, 1.807) is 0 Å². The van der Waals surface area contributed by atoms with Gasteiger partial charge in [0.1, 0.15) is 0 Å². The largest absolute Gasteiger partial charge is 0.280 e. The molecule has 1 aliphatic rings. The maximum Gasteiger partial charge on any atom is 0.232 e. The molecule has 0 radical (unpaired) electrons. The Bertz CT molecular complexity index is 356. The number of aromatic nitrogens is 2. The number of hydrogen-bond donors (Lipinski definition) is 1. The smallest absolute Gasteiger partial charge is 0.232 e. The second kappa shape index (κ2) is 3.74. The van der Waals surface area contributed by atoms with Crippen LogP contribution < -0.4 is 4.90 Å². The average molecular weight is 230 g/mol. The molecule has 14 heavy (non-hydrogen) atoms. The van der Waals surface area contributed by atoms with Crippen LogP contribution in [-0.2, 0) is 4.79 Å². The van der Waals surface area contributed by atoms with Gasteiger partial charge < -0.3 is 0 Å². The first-order valence-electron chi connectivity index (χ1n) is 4.13. The van der Waals surface area contributed by atoms with Gasteiger partial charge in [0.2, 0.25) is 11.9 Å². The van der Waals surface area contributed by atoms with E-state index in [1.165, 1.54) is 17.3 Å². The molecule has 0 spiro atoms. The summed E-state index contributed by atoms with van der Waals surface area (Å²) < 4.78 is 0. The van der Waals surface area contributed by atoms with Gasteiger partial charge in [-0.05, 0) is 0 Å². The minimum absolute atomic E-state index is 0.00678. The molecular weight excluding hydrogens is 222 g/mol. The Kier molecular flexibility index (Phi) is 2.60. The Morgan fingerprint density at radius 1 is 1.50 bits per heavy atom. The van der Waals surface area contributed by atoms with Crippen LogP contribution in [0.1, 0.15) is 6.42 Å². The van der Waals surface area contributed by atoms with Gasteiger partial charge in [-0.15, -0.1) is 0 Å². The number of thiol groups is 1. The summed E-state index contributed by atoms with van der Waals surface area (Å²) in [6.45, 7) is 0.559. The molecule has 74 valence electrons. The average Bonchev–Trinajstić information content (AvgIpc) is 2.47. The summed E-state index contributed by atoms with van der Waals surface area (Å²) in [6.07, 6.45) is 3.39. The minimum Gasteiger partial charge on any atom is -0.280 e. The molecular formula is C8H8ClN3OS. The number of halogens is 1. The van der Waals surface area contributed by atoms with E-state index >= 15 is 0 Å². The lowest BCUT2D eigenvalue weighted by Gasteiger charge is -2.12. The highest BCUT2D eigenvalue weighted by molar-refractivity contribution is 7.81. The number of carbonyl (C=O) groups is 1. The number of amides is 1. The standard InChI is InChI=1S/C8H8ClN3OS/c9-5-2-10-8(11-3-5)12-4-6(14)1-7(12)13/h2-3,6,14H,1,4H2. The minimum atomic E-state index is 0.00678. The summed E-state index contributed by atoms with van der Waals surface area (Å²) in [5.74, 6) is 0.406. The molecule has 1 aliphatic heterocycles. The quantitative estimate of drug-likeness (QED) is 0.736. The highest BCUT2D eigenvalue weighted by Gasteiger charge is 2.29. The van der Waals surface area contributed by atoms with Gasteiger partial charge >= 0.3 is 0 Å². The summed E-state index contributed by atoms with van der Waals surface area (Å²) >= 11 is 9.88. The molecule has 4 nitrogen and oxygen atoms in total. The molecule has 0 bridgehead atoms. The van der Waals surface area contributed by atoms with Gasteiger partial charge in [-0.25, -0.2) is 9.97 Å². The van der Waals surface area contributed by atoms with Crippen LogP contribution in [-0.4, -0.2) is 27.7 Å². The van der Waals surface area contributed by atoms with Gasteiger partial charge in [-0.1, -0.05) is 11.6 Å². The number of carbonyl (C=O) groups excluding carboxylic acids is 1. The lowest BCUT2D eigenvalue weighted by molar-refractivity contribution is -0.117. The van der Waals surface area contributed by atoms with E-state index in [0.29, 0.717) is 23.9 Å². The van der Waals surface area contributed by atoms with E-state index in [-0.39, 0.29) is 11.2 Å². The van der Waals surface area contributed by atoms with E-state index in [4.69, 9.17) is 11.6 Å². The molecule has 2 heterocycles. The van der Waals surface area contributed by atoms with Crippen LogP contribution in [0.5, 0.6) is 0 Å². The number of nitrogens with zero attached hydrogens (tertiary/aromatic N) is 3. The number of rotatable bonds is 1. The van der Waals surface area contributed by atoms with Gasteiger partial charge in [-0.3, -0.25) is 9.69 Å². The molecule has 0 aliphatic carbocycles. The van der Waals surface area contributed by atoms with E-state index in [0.717, 1.165) is 0 Å². The third kappa shape index (κ3) is 1.83. The van der Waals surface area contributed by atoms with Crippen molar-refractivity contribution in [1.82, 2.24) is 9.97 Å². The summed E-state index contributed by atoms with van der Waals surface area (Å²) in [5, 5.41) is 0.532. The van der Waals surface area contributed by atoms with Crippen molar-refractivity contribution in [3.8, 4) is 0 Å². The van der Waals surface area contributed by atoms with Crippen molar-refractivity contribution in [1.29, 1.82) is 0 Å². The Hall–Kier alpha value is -0.810. The van der Waals surface area contributed by atoms with Crippen LogP contribution in [0.3, 0.4) is 0 Å². The molecule has 2 rings (SSSR count). The maximum absolute atomic E-state index is 11.4. The highest BCUT2D eigenvalue weighted by atomic mass is 35.5. The monoisotopic (exact) mass is 229 g/mol.